The van der Waals surface area contributed by atoms with E-state index in [0.29, 0.717) is 0 Å². The lowest BCUT2D eigenvalue weighted by Crippen LogP contribution is -2.23. The van der Waals surface area contributed by atoms with Gasteiger partial charge in [-0.1, -0.05) is 153 Å². The van der Waals surface area contributed by atoms with Crippen LogP contribution >= 0.6 is 0 Å². The van der Waals surface area contributed by atoms with Gasteiger partial charge < -0.3 is 0 Å². The van der Waals surface area contributed by atoms with Crippen molar-refractivity contribution in [3.8, 4) is 66.8 Å². The van der Waals surface area contributed by atoms with E-state index >= 15 is 0 Å². The Bertz CT molecular complexity index is 2230. The molecule has 0 unspecified atom stereocenters. The Labute approximate surface area is 265 Å². The zero-order chi connectivity index (χ0) is 30.1. The summed E-state index contributed by atoms with van der Waals surface area (Å²) in [6, 6.07) is 54.5. The smallest absolute Gasteiger partial charge is 0.0210 e. The maximum Gasteiger partial charge on any atom is 0.0210 e. The van der Waals surface area contributed by atoms with E-state index in [-0.39, 0.29) is 5.41 Å². The highest BCUT2D eigenvalue weighted by atomic mass is 14.4. The number of rotatable bonds is 5. The zero-order valence-electron chi connectivity index (χ0n) is 25.8. The Morgan fingerprint density at radius 2 is 0.822 bits per heavy atom. The minimum absolute atomic E-state index is 0.0958. The Balaban J connectivity index is 1.03. The van der Waals surface area contributed by atoms with Gasteiger partial charge in [0.2, 0.25) is 0 Å². The summed E-state index contributed by atoms with van der Waals surface area (Å²) < 4.78 is 0. The molecule has 0 spiro atoms. The molecule has 2 aliphatic rings. The van der Waals surface area contributed by atoms with Crippen LogP contribution in [-0.4, -0.2) is 0 Å². The number of hydrogen-bond donors (Lipinski definition) is 0. The molecule has 0 saturated heterocycles. The third-order valence-electron chi connectivity index (χ3n) is 10.8. The fourth-order valence-electron chi connectivity index (χ4n) is 8.40. The van der Waals surface area contributed by atoms with Crippen LogP contribution in [0.15, 0.2) is 146 Å². The maximum absolute atomic E-state index is 2.46. The molecule has 0 atom stereocenters. The molecule has 7 aromatic carbocycles. The summed E-state index contributed by atoms with van der Waals surface area (Å²) >= 11 is 0. The van der Waals surface area contributed by atoms with Gasteiger partial charge in [0.1, 0.15) is 0 Å². The Morgan fingerprint density at radius 1 is 0.356 bits per heavy atom. The van der Waals surface area contributed by atoms with E-state index in [1.807, 2.05) is 0 Å². The average molecular weight is 575 g/mol. The summed E-state index contributed by atoms with van der Waals surface area (Å²) in [6.07, 6.45) is 2.22. The van der Waals surface area contributed by atoms with Gasteiger partial charge in [-0.15, -0.1) is 0 Å². The first-order chi connectivity index (χ1) is 22.2. The van der Waals surface area contributed by atoms with Gasteiger partial charge in [-0.05, 0) is 108 Å². The van der Waals surface area contributed by atoms with E-state index in [0.717, 1.165) is 12.8 Å². The van der Waals surface area contributed by atoms with Crippen molar-refractivity contribution in [2.45, 2.75) is 32.1 Å². The quantitative estimate of drug-likeness (QED) is 0.192. The molecule has 2 aliphatic carbocycles. The van der Waals surface area contributed by atoms with Crippen LogP contribution < -0.4 is 0 Å². The first-order valence-corrected chi connectivity index (χ1v) is 16.3. The molecule has 0 heteroatoms. The van der Waals surface area contributed by atoms with Gasteiger partial charge in [0, 0.05) is 5.41 Å². The van der Waals surface area contributed by atoms with Crippen LogP contribution in [0.4, 0.5) is 0 Å². The molecule has 0 bridgehead atoms. The topological polar surface area (TPSA) is 0 Å². The van der Waals surface area contributed by atoms with Crippen molar-refractivity contribution < 1.29 is 0 Å². The van der Waals surface area contributed by atoms with E-state index in [4.69, 9.17) is 0 Å². The molecule has 0 amide bonds. The molecule has 0 N–H and O–H groups in total. The fraction of sp³-hybridized carbons (Fsp3) is 0.111. The molecule has 0 heterocycles. The van der Waals surface area contributed by atoms with Gasteiger partial charge in [0.25, 0.3) is 0 Å². The summed E-state index contributed by atoms with van der Waals surface area (Å²) in [6.45, 7) is 4.68. The number of benzene rings is 7. The van der Waals surface area contributed by atoms with E-state index < -0.39 is 0 Å². The van der Waals surface area contributed by atoms with Crippen molar-refractivity contribution in [2.75, 3.05) is 0 Å². The lowest BCUT2D eigenvalue weighted by atomic mass is 9.73. The van der Waals surface area contributed by atoms with Crippen LogP contribution in [0.5, 0.6) is 0 Å². The Morgan fingerprint density at radius 3 is 1.49 bits per heavy atom. The Hall–Kier alpha value is -5.20. The fourth-order valence-corrected chi connectivity index (χ4v) is 8.40. The van der Waals surface area contributed by atoms with Gasteiger partial charge in [-0.2, -0.15) is 0 Å². The van der Waals surface area contributed by atoms with Crippen LogP contribution in [0.3, 0.4) is 0 Å². The lowest BCUT2D eigenvalue weighted by molar-refractivity contribution is 0.490. The third-order valence-corrected chi connectivity index (χ3v) is 10.8. The highest BCUT2D eigenvalue weighted by Crippen LogP contribution is 2.53. The predicted molar refractivity (Wildman–Crippen MR) is 191 cm³/mol. The SMILES string of the molecule is CCC1(CC)c2ccccc2-c2ccc(-c3ccc(-c4ccc(-c5ccc6c7c(cccc57)-c5ccccc5-6)cc4)cc3)cc21. The van der Waals surface area contributed by atoms with Crippen molar-refractivity contribution >= 4 is 10.8 Å². The average Bonchev–Trinajstić information content (AvgIpc) is 3.59. The summed E-state index contributed by atoms with van der Waals surface area (Å²) in [5.74, 6) is 0. The second-order valence-electron chi connectivity index (χ2n) is 12.7. The Kier molecular flexibility index (Phi) is 5.77. The van der Waals surface area contributed by atoms with Gasteiger partial charge in [-0.25, -0.2) is 0 Å². The van der Waals surface area contributed by atoms with E-state index in [1.54, 1.807) is 0 Å². The molecule has 45 heavy (non-hydrogen) atoms. The zero-order valence-corrected chi connectivity index (χ0v) is 25.8. The molecule has 9 rings (SSSR count). The first kappa shape index (κ1) is 26.2. The van der Waals surface area contributed by atoms with E-state index in [1.165, 1.54) is 88.7 Å². The monoisotopic (exact) mass is 574 g/mol. The van der Waals surface area contributed by atoms with Crippen molar-refractivity contribution in [1.29, 1.82) is 0 Å². The third kappa shape index (κ3) is 3.72. The van der Waals surface area contributed by atoms with Crippen LogP contribution in [0.1, 0.15) is 37.8 Å². The minimum atomic E-state index is 0.0958. The molecule has 214 valence electrons. The molecule has 0 radical (unpaired) electrons. The lowest BCUT2D eigenvalue weighted by Gasteiger charge is -2.30. The van der Waals surface area contributed by atoms with Gasteiger partial charge >= 0.3 is 0 Å². The van der Waals surface area contributed by atoms with Crippen LogP contribution in [-0.2, 0) is 5.41 Å². The largest absolute Gasteiger partial charge is 0.0642 e. The predicted octanol–water partition coefficient (Wildman–Crippen LogP) is 12.6. The van der Waals surface area contributed by atoms with Crippen molar-refractivity contribution in [3.63, 3.8) is 0 Å². The summed E-state index contributed by atoms with van der Waals surface area (Å²) in [7, 11) is 0. The minimum Gasteiger partial charge on any atom is -0.0642 e. The normalized spacial score (nSPS) is 13.5. The van der Waals surface area contributed by atoms with E-state index in [9.17, 15) is 0 Å². The standard InChI is InChI=1S/C45H34/c1-3-45(4-2)42-15-8-7-12-37(42)38-25-24-33(28-43(38)45)31-18-16-29(17-19-31)30-20-22-32(23-21-30)34-26-27-41-36-11-6-5-10-35(36)40-14-9-13-39(34)44(40)41/h5-28H,3-4H2,1-2H3. The maximum atomic E-state index is 2.46. The molecule has 7 aromatic rings. The molecule has 0 aromatic heterocycles. The van der Waals surface area contributed by atoms with Gasteiger partial charge in [-0.3, -0.25) is 0 Å². The van der Waals surface area contributed by atoms with Crippen LogP contribution in [0.25, 0.3) is 77.5 Å². The summed E-state index contributed by atoms with van der Waals surface area (Å²) in [5, 5.41) is 2.70. The number of fused-ring (bicyclic) bond motifs is 6. The summed E-state index contributed by atoms with van der Waals surface area (Å²) in [4.78, 5) is 0. The van der Waals surface area contributed by atoms with Crippen molar-refractivity contribution in [3.05, 3.63) is 157 Å². The van der Waals surface area contributed by atoms with Crippen molar-refractivity contribution in [2.24, 2.45) is 0 Å². The second-order valence-corrected chi connectivity index (χ2v) is 12.7. The molecule has 0 saturated carbocycles. The van der Waals surface area contributed by atoms with Crippen molar-refractivity contribution in [1.82, 2.24) is 0 Å². The molecule has 0 fully saturated rings. The first-order valence-electron chi connectivity index (χ1n) is 16.3. The van der Waals surface area contributed by atoms with E-state index in [2.05, 4.69) is 159 Å². The molecule has 0 aliphatic heterocycles. The molecular weight excluding hydrogens is 540 g/mol. The molecule has 0 nitrogen and oxygen atoms in total. The number of hydrogen-bond acceptors (Lipinski definition) is 0. The highest BCUT2D eigenvalue weighted by molar-refractivity contribution is 6.18. The summed E-state index contributed by atoms with van der Waals surface area (Å²) in [5.41, 5.74) is 18.8. The van der Waals surface area contributed by atoms with Crippen LogP contribution in [0.2, 0.25) is 0 Å². The van der Waals surface area contributed by atoms with Crippen LogP contribution in [0, 0.1) is 0 Å². The molecular formula is C45H34. The highest BCUT2D eigenvalue weighted by Gasteiger charge is 2.40. The second kappa shape index (κ2) is 9.91. The van der Waals surface area contributed by atoms with Gasteiger partial charge in [0.15, 0.2) is 0 Å². The van der Waals surface area contributed by atoms with Gasteiger partial charge in [0.05, 0.1) is 0 Å².